The minimum absolute atomic E-state index is 0.0537. The van der Waals surface area contributed by atoms with Crippen LogP contribution in [0.4, 0.5) is 0 Å². The van der Waals surface area contributed by atoms with Crippen molar-refractivity contribution in [1.82, 2.24) is 5.32 Å². The van der Waals surface area contributed by atoms with Gasteiger partial charge in [0.15, 0.2) is 8.32 Å². The highest BCUT2D eigenvalue weighted by molar-refractivity contribution is 6.74. The van der Waals surface area contributed by atoms with Crippen LogP contribution in [-0.4, -0.2) is 39.6 Å². The fourth-order valence-electron chi connectivity index (χ4n) is 2.22. The summed E-state index contributed by atoms with van der Waals surface area (Å²) in [7, 11) is -0.417. The first-order valence-electron chi connectivity index (χ1n) is 7.25. The summed E-state index contributed by atoms with van der Waals surface area (Å²) in [6, 6.07) is -0.120. The molecule has 0 amide bonds. The molecule has 0 saturated carbocycles. The van der Waals surface area contributed by atoms with Gasteiger partial charge in [-0.1, -0.05) is 26.8 Å². The summed E-state index contributed by atoms with van der Waals surface area (Å²) >= 11 is 0. The van der Waals surface area contributed by atoms with E-state index in [1.165, 1.54) is 7.11 Å². The summed E-state index contributed by atoms with van der Waals surface area (Å²) in [5.74, 6) is -0.208. The molecule has 1 saturated heterocycles. The SMILES string of the molecule is C=CCC1NC(C(=O)OC)CC1O[Si](C)(C)C(C)(C)C. The molecule has 3 unspecified atom stereocenters. The van der Waals surface area contributed by atoms with Crippen molar-refractivity contribution in [3.05, 3.63) is 12.7 Å². The predicted octanol–water partition coefficient (Wildman–Crippen LogP) is 2.86. The molecule has 1 heterocycles. The number of nitrogens with one attached hydrogen (secondary N) is 1. The van der Waals surface area contributed by atoms with Crippen LogP contribution in [0, 0.1) is 0 Å². The lowest BCUT2D eigenvalue weighted by Gasteiger charge is -2.39. The monoisotopic (exact) mass is 299 g/mol. The van der Waals surface area contributed by atoms with Crippen molar-refractivity contribution in [2.24, 2.45) is 0 Å². The van der Waals surface area contributed by atoms with Crippen molar-refractivity contribution in [2.45, 2.75) is 69.9 Å². The maximum Gasteiger partial charge on any atom is 0.322 e. The molecule has 0 aromatic heterocycles. The summed E-state index contributed by atoms with van der Waals surface area (Å²) in [4.78, 5) is 11.7. The van der Waals surface area contributed by atoms with Crippen molar-refractivity contribution in [3.63, 3.8) is 0 Å². The standard InChI is InChI=1S/C15H29NO3Si/c1-8-9-11-13(10-12(16-11)14(17)18-5)19-20(6,7)15(2,3)4/h8,11-13,16H,1,9-10H2,2-7H3. The molecule has 3 atom stereocenters. The van der Waals surface area contributed by atoms with Crippen molar-refractivity contribution >= 4 is 14.3 Å². The molecule has 1 aliphatic rings. The van der Waals surface area contributed by atoms with Crippen molar-refractivity contribution in [2.75, 3.05) is 7.11 Å². The third-order valence-corrected chi connectivity index (χ3v) is 8.99. The van der Waals surface area contributed by atoms with Gasteiger partial charge >= 0.3 is 5.97 Å². The molecule has 5 heteroatoms. The molecule has 0 aromatic carbocycles. The summed E-state index contributed by atoms with van der Waals surface area (Å²) in [6.45, 7) is 14.9. The molecular formula is C15H29NO3Si. The Labute approximate surface area is 124 Å². The van der Waals surface area contributed by atoms with Gasteiger partial charge in [0.1, 0.15) is 6.04 Å². The molecule has 1 fully saturated rings. The summed E-state index contributed by atoms with van der Waals surface area (Å²) in [5, 5.41) is 3.48. The Morgan fingerprint density at radius 3 is 2.50 bits per heavy atom. The molecule has 1 aliphatic heterocycles. The largest absolute Gasteiger partial charge is 0.468 e. The lowest BCUT2D eigenvalue weighted by Crippen LogP contribution is -2.47. The van der Waals surface area contributed by atoms with Gasteiger partial charge in [-0.3, -0.25) is 10.1 Å². The Morgan fingerprint density at radius 1 is 1.45 bits per heavy atom. The number of carbonyl (C=O) groups excluding carboxylic acids is 1. The third-order valence-electron chi connectivity index (χ3n) is 4.49. The lowest BCUT2D eigenvalue weighted by atomic mass is 10.1. The smallest absolute Gasteiger partial charge is 0.322 e. The molecule has 0 aromatic rings. The molecular weight excluding hydrogens is 270 g/mol. The highest BCUT2D eigenvalue weighted by Gasteiger charge is 2.45. The van der Waals surface area contributed by atoms with E-state index in [0.29, 0.717) is 6.42 Å². The van der Waals surface area contributed by atoms with Gasteiger partial charge in [-0.05, 0) is 31.0 Å². The van der Waals surface area contributed by atoms with E-state index in [-0.39, 0.29) is 29.2 Å². The minimum Gasteiger partial charge on any atom is -0.468 e. The maximum atomic E-state index is 11.7. The van der Waals surface area contributed by atoms with Gasteiger partial charge in [0.2, 0.25) is 0 Å². The highest BCUT2D eigenvalue weighted by Crippen LogP contribution is 2.39. The topological polar surface area (TPSA) is 47.6 Å². The Balaban J connectivity index is 2.80. The molecule has 20 heavy (non-hydrogen) atoms. The van der Waals surface area contributed by atoms with Gasteiger partial charge in [-0.2, -0.15) is 0 Å². The number of rotatable bonds is 5. The van der Waals surface area contributed by atoms with Gasteiger partial charge < -0.3 is 9.16 Å². The normalized spacial score (nSPS) is 27.4. The second kappa shape index (κ2) is 6.41. The van der Waals surface area contributed by atoms with E-state index in [9.17, 15) is 4.79 Å². The van der Waals surface area contributed by atoms with Crippen LogP contribution in [0.25, 0.3) is 0 Å². The number of esters is 1. The Hall–Kier alpha value is -0.653. The van der Waals surface area contributed by atoms with E-state index in [1.54, 1.807) is 0 Å². The fourth-order valence-corrected chi connectivity index (χ4v) is 3.59. The number of ether oxygens (including phenoxy) is 1. The molecule has 1 N–H and O–H groups in total. The lowest BCUT2D eigenvalue weighted by molar-refractivity contribution is -0.142. The molecule has 0 spiro atoms. The second-order valence-corrected chi connectivity index (χ2v) is 11.8. The summed E-state index contributed by atoms with van der Waals surface area (Å²) in [6.07, 6.45) is 3.40. The Morgan fingerprint density at radius 2 is 2.05 bits per heavy atom. The van der Waals surface area contributed by atoms with Crippen LogP contribution in [0.2, 0.25) is 18.1 Å². The van der Waals surface area contributed by atoms with E-state index in [0.717, 1.165) is 6.42 Å². The van der Waals surface area contributed by atoms with Crippen LogP contribution in [0.1, 0.15) is 33.6 Å². The zero-order valence-corrected chi connectivity index (χ0v) is 14.7. The predicted molar refractivity (Wildman–Crippen MR) is 84.2 cm³/mol. The number of hydrogen-bond acceptors (Lipinski definition) is 4. The zero-order valence-electron chi connectivity index (χ0n) is 13.7. The van der Waals surface area contributed by atoms with E-state index >= 15 is 0 Å². The highest BCUT2D eigenvalue weighted by atomic mass is 28.4. The van der Waals surface area contributed by atoms with Gasteiger partial charge in [0.05, 0.1) is 13.2 Å². The number of methoxy groups -OCH3 is 1. The molecule has 4 nitrogen and oxygen atoms in total. The van der Waals surface area contributed by atoms with Gasteiger partial charge in [0.25, 0.3) is 0 Å². The van der Waals surface area contributed by atoms with Crippen LogP contribution >= 0.6 is 0 Å². The maximum absolute atomic E-state index is 11.7. The molecule has 1 rings (SSSR count). The molecule has 0 bridgehead atoms. The van der Waals surface area contributed by atoms with E-state index in [1.807, 2.05) is 6.08 Å². The number of carbonyl (C=O) groups is 1. The first-order valence-corrected chi connectivity index (χ1v) is 10.2. The average Bonchev–Trinajstić information content (AvgIpc) is 2.70. The van der Waals surface area contributed by atoms with Crippen LogP contribution in [-0.2, 0) is 14.0 Å². The molecule has 116 valence electrons. The summed E-state index contributed by atoms with van der Waals surface area (Å²) in [5.41, 5.74) is 0. The van der Waals surface area contributed by atoms with Gasteiger partial charge in [-0.25, -0.2) is 0 Å². The van der Waals surface area contributed by atoms with Crippen molar-refractivity contribution < 1.29 is 14.0 Å². The summed E-state index contributed by atoms with van der Waals surface area (Å²) < 4.78 is 11.3. The minimum atomic E-state index is -1.84. The Kier molecular flexibility index (Phi) is 5.58. The first kappa shape index (κ1) is 17.4. The van der Waals surface area contributed by atoms with Crippen LogP contribution < -0.4 is 5.32 Å². The Bertz CT molecular complexity index is 363. The van der Waals surface area contributed by atoms with E-state index < -0.39 is 8.32 Å². The van der Waals surface area contributed by atoms with E-state index in [4.69, 9.17) is 9.16 Å². The van der Waals surface area contributed by atoms with E-state index in [2.05, 4.69) is 45.8 Å². The zero-order chi connectivity index (χ0) is 15.6. The third kappa shape index (κ3) is 3.93. The van der Waals surface area contributed by atoms with Gasteiger partial charge in [-0.15, -0.1) is 6.58 Å². The average molecular weight is 299 g/mol. The van der Waals surface area contributed by atoms with Crippen LogP contribution in [0.15, 0.2) is 12.7 Å². The van der Waals surface area contributed by atoms with Crippen LogP contribution in [0.5, 0.6) is 0 Å². The number of hydrogen-bond donors (Lipinski definition) is 1. The van der Waals surface area contributed by atoms with Crippen molar-refractivity contribution in [3.8, 4) is 0 Å². The fraction of sp³-hybridized carbons (Fsp3) is 0.800. The first-order chi connectivity index (χ1) is 9.12. The molecule has 0 radical (unpaired) electrons. The quantitative estimate of drug-likeness (QED) is 0.482. The molecule has 0 aliphatic carbocycles. The van der Waals surface area contributed by atoms with Gasteiger partial charge in [0, 0.05) is 6.04 Å². The second-order valence-electron chi connectivity index (χ2n) is 7.03. The van der Waals surface area contributed by atoms with Crippen LogP contribution in [0.3, 0.4) is 0 Å². The van der Waals surface area contributed by atoms with Crippen molar-refractivity contribution in [1.29, 1.82) is 0 Å².